The summed E-state index contributed by atoms with van der Waals surface area (Å²) in [6.45, 7) is 14.5. The smallest absolute Gasteiger partial charge is 0.142 e. The van der Waals surface area contributed by atoms with E-state index in [0.717, 1.165) is 25.5 Å². The molecule has 1 heteroatoms. The van der Waals surface area contributed by atoms with E-state index in [4.69, 9.17) is 0 Å². The molecule has 0 aromatic rings. The lowest BCUT2D eigenvalue weighted by Crippen LogP contribution is -2.33. The summed E-state index contributed by atoms with van der Waals surface area (Å²) in [7, 11) is 0. The molecule has 94 valence electrons. The van der Waals surface area contributed by atoms with Crippen molar-refractivity contribution in [2.24, 2.45) is 17.3 Å². The molecular weight excluding hydrogens is 208 g/mol. The number of carbonyl (C=O) groups excluding carboxylic acids is 1. The summed E-state index contributed by atoms with van der Waals surface area (Å²) >= 11 is 0. The van der Waals surface area contributed by atoms with Gasteiger partial charge in [-0.05, 0) is 56.4 Å². The van der Waals surface area contributed by atoms with Gasteiger partial charge in [0.15, 0.2) is 0 Å². The van der Waals surface area contributed by atoms with Crippen molar-refractivity contribution in [2.45, 2.75) is 40.0 Å². The first-order chi connectivity index (χ1) is 7.94. The zero-order valence-corrected chi connectivity index (χ0v) is 11.3. The third kappa shape index (κ3) is 2.96. The maximum Gasteiger partial charge on any atom is 0.142 e. The maximum absolute atomic E-state index is 10.5. The van der Waals surface area contributed by atoms with E-state index in [2.05, 4.69) is 40.0 Å². The molecule has 1 nitrogen and oxygen atoms in total. The van der Waals surface area contributed by atoms with Crippen LogP contribution in [0.15, 0.2) is 36.5 Å². The lowest BCUT2D eigenvalue weighted by molar-refractivity contribution is -0.104. The molecular formula is C16H24O. The molecule has 0 heterocycles. The molecule has 0 amide bonds. The van der Waals surface area contributed by atoms with Gasteiger partial charge in [-0.25, -0.2) is 0 Å². The predicted octanol–water partition coefficient (Wildman–Crippen LogP) is 4.32. The topological polar surface area (TPSA) is 17.1 Å². The van der Waals surface area contributed by atoms with E-state index >= 15 is 0 Å². The predicted molar refractivity (Wildman–Crippen MR) is 73.8 cm³/mol. The van der Waals surface area contributed by atoms with Crippen LogP contribution in [0.2, 0.25) is 0 Å². The van der Waals surface area contributed by atoms with Gasteiger partial charge in [-0.1, -0.05) is 30.7 Å². The molecule has 0 bridgehead atoms. The first-order valence-electron chi connectivity index (χ1n) is 6.35. The standard InChI is InChI=1S/C16H24O/c1-6-16(5)9-7-14(13(4)8-10-17)11-15(16)12(2)3/h6,8,10,14-15H,1-2,7,9,11H2,3-5H3/b13-8+/t14?,15?,16-/m0/s1. The molecule has 0 N–H and O–H groups in total. The highest BCUT2D eigenvalue weighted by Crippen LogP contribution is 2.48. The summed E-state index contributed by atoms with van der Waals surface area (Å²) in [4.78, 5) is 10.5. The van der Waals surface area contributed by atoms with Crippen LogP contribution >= 0.6 is 0 Å². The van der Waals surface area contributed by atoms with Crippen LogP contribution in [0.5, 0.6) is 0 Å². The Morgan fingerprint density at radius 2 is 2.06 bits per heavy atom. The number of aldehydes is 1. The van der Waals surface area contributed by atoms with Gasteiger partial charge in [-0.2, -0.15) is 0 Å². The zero-order valence-electron chi connectivity index (χ0n) is 11.3. The summed E-state index contributed by atoms with van der Waals surface area (Å²) in [6, 6.07) is 0. The van der Waals surface area contributed by atoms with E-state index in [1.165, 1.54) is 11.1 Å². The second-order valence-electron chi connectivity index (χ2n) is 5.63. The van der Waals surface area contributed by atoms with Gasteiger partial charge >= 0.3 is 0 Å². The van der Waals surface area contributed by atoms with Crippen molar-refractivity contribution in [3.8, 4) is 0 Å². The lowest BCUT2D eigenvalue weighted by Gasteiger charge is -2.43. The molecule has 1 fully saturated rings. The Morgan fingerprint density at radius 1 is 1.41 bits per heavy atom. The van der Waals surface area contributed by atoms with Crippen LogP contribution in [0.3, 0.4) is 0 Å². The fraction of sp³-hybridized carbons (Fsp3) is 0.562. The first kappa shape index (κ1) is 14.0. The summed E-state index contributed by atoms with van der Waals surface area (Å²) < 4.78 is 0. The van der Waals surface area contributed by atoms with Gasteiger partial charge in [0.25, 0.3) is 0 Å². The molecule has 1 rings (SSSR count). The van der Waals surface area contributed by atoms with Gasteiger partial charge in [0, 0.05) is 0 Å². The van der Waals surface area contributed by atoms with Crippen molar-refractivity contribution in [3.63, 3.8) is 0 Å². The Morgan fingerprint density at radius 3 is 2.53 bits per heavy atom. The number of hydrogen-bond donors (Lipinski definition) is 0. The Hall–Kier alpha value is -1.11. The fourth-order valence-corrected chi connectivity index (χ4v) is 3.00. The van der Waals surface area contributed by atoms with E-state index in [-0.39, 0.29) is 5.41 Å². The number of allylic oxidation sites excluding steroid dienone is 4. The van der Waals surface area contributed by atoms with Crippen LogP contribution in [0.4, 0.5) is 0 Å². The second kappa shape index (κ2) is 5.48. The van der Waals surface area contributed by atoms with Crippen molar-refractivity contribution in [1.82, 2.24) is 0 Å². The lowest BCUT2D eigenvalue weighted by atomic mass is 9.61. The highest BCUT2D eigenvalue weighted by molar-refractivity contribution is 5.66. The largest absolute Gasteiger partial charge is 0.299 e. The molecule has 3 atom stereocenters. The van der Waals surface area contributed by atoms with Crippen molar-refractivity contribution in [1.29, 1.82) is 0 Å². The second-order valence-corrected chi connectivity index (χ2v) is 5.63. The fourth-order valence-electron chi connectivity index (χ4n) is 3.00. The molecule has 0 aliphatic heterocycles. The molecule has 1 aliphatic carbocycles. The van der Waals surface area contributed by atoms with E-state index < -0.39 is 0 Å². The van der Waals surface area contributed by atoms with E-state index in [1.54, 1.807) is 6.08 Å². The Labute approximate surface area is 105 Å². The summed E-state index contributed by atoms with van der Waals surface area (Å²) in [5.74, 6) is 1.00. The minimum absolute atomic E-state index is 0.170. The van der Waals surface area contributed by atoms with Gasteiger partial charge in [0.05, 0.1) is 0 Å². The minimum atomic E-state index is 0.170. The van der Waals surface area contributed by atoms with Gasteiger partial charge in [-0.15, -0.1) is 6.58 Å². The van der Waals surface area contributed by atoms with Crippen LogP contribution in [-0.4, -0.2) is 6.29 Å². The van der Waals surface area contributed by atoms with Crippen LogP contribution in [-0.2, 0) is 4.79 Å². The highest BCUT2D eigenvalue weighted by Gasteiger charge is 2.38. The van der Waals surface area contributed by atoms with Crippen molar-refractivity contribution >= 4 is 6.29 Å². The van der Waals surface area contributed by atoms with Gasteiger partial charge in [0.1, 0.15) is 6.29 Å². The number of hydrogen-bond acceptors (Lipinski definition) is 1. The average Bonchev–Trinajstić information content (AvgIpc) is 2.29. The van der Waals surface area contributed by atoms with Gasteiger partial charge in [-0.3, -0.25) is 4.79 Å². The van der Waals surface area contributed by atoms with Crippen molar-refractivity contribution in [2.75, 3.05) is 0 Å². The van der Waals surface area contributed by atoms with E-state index in [1.807, 2.05) is 0 Å². The van der Waals surface area contributed by atoms with Crippen molar-refractivity contribution in [3.05, 3.63) is 36.5 Å². The van der Waals surface area contributed by atoms with Crippen LogP contribution < -0.4 is 0 Å². The summed E-state index contributed by atoms with van der Waals surface area (Å²) in [5, 5.41) is 0. The molecule has 0 radical (unpaired) electrons. The molecule has 1 aliphatic rings. The molecule has 1 saturated carbocycles. The van der Waals surface area contributed by atoms with Crippen molar-refractivity contribution < 1.29 is 4.79 Å². The molecule has 17 heavy (non-hydrogen) atoms. The van der Waals surface area contributed by atoms with E-state index in [9.17, 15) is 4.79 Å². The van der Waals surface area contributed by atoms with Gasteiger partial charge in [0.2, 0.25) is 0 Å². The van der Waals surface area contributed by atoms with Gasteiger partial charge < -0.3 is 0 Å². The van der Waals surface area contributed by atoms with Crippen LogP contribution in [0.1, 0.15) is 40.0 Å². The summed E-state index contributed by atoms with van der Waals surface area (Å²) in [6.07, 6.45) is 8.05. The average molecular weight is 232 g/mol. The Bertz CT molecular complexity index is 351. The van der Waals surface area contributed by atoms with Crippen LogP contribution in [0, 0.1) is 17.3 Å². The first-order valence-corrected chi connectivity index (χ1v) is 6.35. The third-order valence-corrected chi connectivity index (χ3v) is 4.38. The zero-order chi connectivity index (χ0) is 13.1. The molecule has 0 saturated heterocycles. The third-order valence-electron chi connectivity index (χ3n) is 4.38. The molecule has 2 unspecified atom stereocenters. The number of rotatable bonds is 4. The minimum Gasteiger partial charge on any atom is -0.299 e. The molecule has 0 aromatic carbocycles. The Kier molecular flexibility index (Phi) is 4.50. The maximum atomic E-state index is 10.5. The summed E-state index contributed by atoms with van der Waals surface area (Å²) in [5.41, 5.74) is 2.61. The normalized spacial score (nSPS) is 34.2. The number of carbonyl (C=O) groups is 1. The quantitative estimate of drug-likeness (QED) is 0.401. The monoisotopic (exact) mass is 232 g/mol. The molecule has 0 aromatic heterocycles. The van der Waals surface area contributed by atoms with E-state index in [0.29, 0.717) is 11.8 Å². The molecule has 0 spiro atoms. The SMILES string of the molecule is C=C[C@@]1(C)CCC(/C(C)=C/C=O)CC1C(=C)C. The Balaban J connectivity index is 2.90. The highest BCUT2D eigenvalue weighted by atomic mass is 16.1. The van der Waals surface area contributed by atoms with Crippen LogP contribution in [0.25, 0.3) is 0 Å².